The topological polar surface area (TPSA) is 44.8 Å². The van der Waals surface area contributed by atoms with E-state index in [4.69, 9.17) is 14.2 Å². The third kappa shape index (κ3) is 3.99. The molecule has 0 saturated heterocycles. The maximum Gasteiger partial charge on any atom is 0.335 e. The minimum absolute atomic E-state index is 0.338. The molecule has 0 N–H and O–H groups in total. The van der Waals surface area contributed by atoms with Crippen molar-refractivity contribution in [2.24, 2.45) is 0 Å². The Morgan fingerprint density at radius 3 is 2.80 bits per heavy atom. The average molecular weight is 210 g/mol. The van der Waals surface area contributed by atoms with Crippen LogP contribution in [0.25, 0.3) is 0 Å². The highest BCUT2D eigenvalue weighted by Crippen LogP contribution is 2.09. The fourth-order valence-electron chi connectivity index (χ4n) is 0.914. The molecular weight excluding hydrogens is 196 g/mol. The van der Waals surface area contributed by atoms with Crippen LogP contribution in [0.4, 0.5) is 0 Å². The lowest BCUT2D eigenvalue weighted by Crippen LogP contribution is -2.25. The maximum absolute atomic E-state index is 11.1. The summed E-state index contributed by atoms with van der Waals surface area (Å²) in [5.41, 5.74) is 0.338. The Morgan fingerprint density at radius 1 is 1.53 bits per heavy atom. The summed E-state index contributed by atoms with van der Waals surface area (Å²) in [5.74, 6) is -0.474. The molecule has 0 aromatic carbocycles. The zero-order valence-corrected chi connectivity index (χ0v) is 8.80. The van der Waals surface area contributed by atoms with E-state index in [-0.39, 0.29) is 0 Å². The van der Waals surface area contributed by atoms with Crippen LogP contribution in [0.3, 0.4) is 0 Å². The highest BCUT2D eigenvalue weighted by Gasteiger charge is 2.15. The Morgan fingerprint density at radius 2 is 2.27 bits per heavy atom. The number of allylic oxidation sites excluding steroid dienone is 2. The largest absolute Gasteiger partial charge is 0.469 e. The average Bonchev–Trinajstić information content (AvgIpc) is 2.18. The second kappa shape index (κ2) is 5.36. The Kier molecular flexibility index (Phi) is 4.12. The van der Waals surface area contributed by atoms with E-state index in [0.29, 0.717) is 5.57 Å². The fraction of sp³-hybridized carbons (Fsp3) is 0.364. The monoisotopic (exact) mass is 210 g/mol. The number of hydrogen-bond donors (Lipinski definition) is 0. The first kappa shape index (κ1) is 11.5. The fourth-order valence-corrected chi connectivity index (χ4v) is 0.914. The molecule has 0 aromatic rings. The van der Waals surface area contributed by atoms with Gasteiger partial charge in [-0.15, -0.1) is 0 Å². The van der Waals surface area contributed by atoms with Gasteiger partial charge >= 0.3 is 5.97 Å². The van der Waals surface area contributed by atoms with E-state index in [1.54, 1.807) is 32.1 Å². The van der Waals surface area contributed by atoms with Gasteiger partial charge in [0.1, 0.15) is 0 Å². The van der Waals surface area contributed by atoms with Crippen molar-refractivity contribution < 1.29 is 19.0 Å². The SMILES string of the molecule is C=C(C)C(=O)OC(C)OC1C=CC=CO1. The van der Waals surface area contributed by atoms with E-state index >= 15 is 0 Å². The highest BCUT2D eigenvalue weighted by molar-refractivity contribution is 5.86. The van der Waals surface area contributed by atoms with Crippen LogP contribution in [0.15, 0.2) is 36.6 Å². The lowest BCUT2D eigenvalue weighted by molar-refractivity contribution is -0.206. The molecule has 2 atom stereocenters. The van der Waals surface area contributed by atoms with E-state index in [2.05, 4.69) is 6.58 Å². The molecule has 0 amide bonds. The van der Waals surface area contributed by atoms with Crippen LogP contribution in [0, 0.1) is 0 Å². The highest BCUT2D eigenvalue weighted by atomic mass is 16.8. The summed E-state index contributed by atoms with van der Waals surface area (Å²) >= 11 is 0. The van der Waals surface area contributed by atoms with Gasteiger partial charge in [-0.05, 0) is 26.0 Å². The normalized spacial score (nSPS) is 20.5. The van der Waals surface area contributed by atoms with Crippen molar-refractivity contribution in [1.29, 1.82) is 0 Å². The van der Waals surface area contributed by atoms with Gasteiger partial charge < -0.3 is 9.47 Å². The first-order chi connectivity index (χ1) is 7.09. The third-order valence-corrected chi connectivity index (χ3v) is 1.62. The number of carbonyl (C=O) groups is 1. The molecule has 1 heterocycles. The minimum atomic E-state index is -0.671. The van der Waals surface area contributed by atoms with Crippen LogP contribution in [0.1, 0.15) is 13.8 Å². The summed E-state index contributed by atoms with van der Waals surface area (Å²) in [7, 11) is 0. The lowest BCUT2D eigenvalue weighted by atomic mass is 10.4. The molecule has 2 unspecified atom stereocenters. The van der Waals surface area contributed by atoms with Gasteiger partial charge in [-0.3, -0.25) is 4.74 Å². The molecule has 1 aliphatic heterocycles. The van der Waals surface area contributed by atoms with Crippen LogP contribution in [0.2, 0.25) is 0 Å². The summed E-state index contributed by atoms with van der Waals surface area (Å²) in [6.45, 7) is 6.67. The molecule has 0 aromatic heterocycles. The van der Waals surface area contributed by atoms with Crippen molar-refractivity contribution in [3.05, 3.63) is 36.6 Å². The maximum atomic E-state index is 11.1. The molecule has 1 rings (SSSR count). The van der Waals surface area contributed by atoms with Crippen molar-refractivity contribution in [2.45, 2.75) is 26.4 Å². The second-order valence-corrected chi connectivity index (χ2v) is 3.11. The van der Waals surface area contributed by atoms with Gasteiger partial charge in [0.25, 0.3) is 0 Å². The molecule has 0 aliphatic carbocycles. The smallest absolute Gasteiger partial charge is 0.335 e. The molecule has 82 valence electrons. The van der Waals surface area contributed by atoms with Crippen LogP contribution >= 0.6 is 0 Å². The standard InChI is InChI=1S/C11H14O4/c1-8(2)11(12)15-9(3)14-10-6-4-5-7-13-10/h4-7,9-10H,1H2,2-3H3. The van der Waals surface area contributed by atoms with Crippen molar-refractivity contribution in [3.63, 3.8) is 0 Å². The van der Waals surface area contributed by atoms with Gasteiger partial charge in [0, 0.05) is 5.57 Å². The number of carbonyl (C=O) groups excluding carboxylic acids is 1. The number of esters is 1. The third-order valence-electron chi connectivity index (χ3n) is 1.62. The first-order valence-electron chi connectivity index (χ1n) is 4.60. The van der Waals surface area contributed by atoms with Gasteiger partial charge in [0.15, 0.2) is 0 Å². The van der Waals surface area contributed by atoms with Gasteiger partial charge in [0.2, 0.25) is 12.6 Å². The van der Waals surface area contributed by atoms with E-state index < -0.39 is 18.5 Å². The number of hydrogen-bond acceptors (Lipinski definition) is 4. The molecule has 4 heteroatoms. The molecule has 4 nitrogen and oxygen atoms in total. The van der Waals surface area contributed by atoms with E-state index in [9.17, 15) is 4.79 Å². The van der Waals surface area contributed by atoms with E-state index in [1.807, 2.05) is 0 Å². The van der Waals surface area contributed by atoms with Gasteiger partial charge in [-0.2, -0.15) is 0 Å². The summed E-state index contributed by atoms with van der Waals surface area (Å²) in [6.07, 6.45) is 5.58. The van der Waals surface area contributed by atoms with Crippen molar-refractivity contribution in [1.82, 2.24) is 0 Å². The van der Waals surface area contributed by atoms with Crippen LogP contribution in [-0.4, -0.2) is 18.5 Å². The zero-order chi connectivity index (χ0) is 11.3. The van der Waals surface area contributed by atoms with Gasteiger partial charge in [-0.1, -0.05) is 12.7 Å². The van der Waals surface area contributed by atoms with E-state index in [0.717, 1.165) is 0 Å². The molecule has 15 heavy (non-hydrogen) atoms. The summed E-state index contributed by atoms with van der Waals surface area (Å²) in [5, 5.41) is 0. The predicted octanol–water partition coefficient (Wildman–Crippen LogP) is 1.89. The summed E-state index contributed by atoms with van der Waals surface area (Å²) in [6, 6.07) is 0. The first-order valence-corrected chi connectivity index (χ1v) is 4.60. The molecule has 0 spiro atoms. The molecule has 0 saturated carbocycles. The van der Waals surface area contributed by atoms with Crippen molar-refractivity contribution in [3.8, 4) is 0 Å². The summed E-state index contributed by atoms with van der Waals surface area (Å²) < 4.78 is 15.3. The Labute approximate surface area is 88.8 Å². The Balaban J connectivity index is 2.32. The Bertz CT molecular complexity index is 304. The number of ether oxygens (including phenoxy) is 3. The molecule has 1 aliphatic rings. The quantitative estimate of drug-likeness (QED) is 0.404. The van der Waals surface area contributed by atoms with Crippen LogP contribution < -0.4 is 0 Å². The van der Waals surface area contributed by atoms with Crippen molar-refractivity contribution in [2.75, 3.05) is 0 Å². The van der Waals surface area contributed by atoms with Crippen LogP contribution in [-0.2, 0) is 19.0 Å². The molecular formula is C11H14O4. The minimum Gasteiger partial charge on any atom is -0.469 e. The van der Waals surface area contributed by atoms with Gasteiger partial charge in [-0.25, -0.2) is 4.79 Å². The lowest BCUT2D eigenvalue weighted by Gasteiger charge is -2.20. The Hall–Kier alpha value is -1.55. The second-order valence-electron chi connectivity index (χ2n) is 3.11. The zero-order valence-electron chi connectivity index (χ0n) is 8.80. The molecule has 0 fully saturated rings. The van der Waals surface area contributed by atoms with Gasteiger partial charge in [0.05, 0.1) is 6.26 Å². The molecule has 0 bridgehead atoms. The summed E-state index contributed by atoms with van der Waals surface area (Å²) in [4.78, 5) is 11.1. The van der Waals surface area contributed by atoms with Crippen molar-refractivity contribution >= 4 is 5.97 Å². The van der Waals surface area contributed by atoms with Crippen LogP contribution in [0.5, 0.6) is 0 Å². The predicted molar refractivity (Wildman–Crippen MR) is 54.6 cm³/mol. The number of rotatable bonds is 4. The molecule has 0 radical (unpaired) electrons. The van der Waals surface area contributed by atoms with E-state index in [1.165, 1.54) is 6.26 Å².